The molecule has 0 bridgehead atoms. The number of rotatable bonds is 3. The third-order valence-corrected chi connectivity index (χ3v) is 3.31. The summed E-state index contributed by atoms with van der Waals surface area (Å²) in [6, 6.07) is 3.78. The van der Waals surface area contributed by atoms with E-state index in [2.05, 4.69) is 19.9 Å². The van der Waals surface area contributed by atoms with Crippen LogP contribution in [-0.2, 0) is 6.54 Å². The van der Waals surface area contributed by atoms with E-state index in [-0.39, 0.29) is 11.1 Å². The fourth-order valence-electron chi connectivity index (χ4n) is 2.10. The summed E-state index contributed by atoms with van der Waals surface area (Å²) >= 11 is 6.02. The minimum Gasteiger partial charge on any atom is -0.495 e. The van der Waals surface area contributed by atoms with E-state index >= 15 is 0 Å². The molecule has 0 fully saturated rings. The standard InChI is InChI=1S/C13H13ClN6O/c1-7-3-4-9(21-2)8(17-7)5-20-6-16-10-11(14)18-13(15)19-12(10)20/h3-4,6H,5H2,1-2H3,(H2,15,18,19). The maximum atomic E-state index is 6.02. The number of fused-ring (bicyclic) bond motifs is 1. The molecule has 3 aromatic rings. The predicted molar refractivity (Wildman–Crippen MR) is 79.4 cm³/mol. The van der Waals surface area contributed by atoms with E-state index in [0.717, 1.165) is 11.4 Å². The van der Waals surface area contributed by atoms with Gasteiger partial charge in [0.25, 0.3) is 0 Å². The first-order chi connectivity index (χ1) is 10.1. The van der Waals surface area contributed by atoms with E-state index in [9.17, 15) is 0 Å². The highest BCUT2D eigenvalue weighted by molar-refractivity contribution is 6.33. The lowest BCUT2D eigenvalue weighted by atomic mass is 10.3. The molecule has 0 aliphatic rings. The Morgan fingerprint density at radius 2 is 2.10 bits per heavy atom. The van der Waals surface area contributed by atoms with Gasteiger partial charge in [0.15, 0.2) is 10.8 Å². The SMILES string of the molecule is COc1ccc(C)nc1Cn1cnc2c(Cl)nc(N)nc21. The van der Waals surface area contributed by atoms with Crippen LogP contribution in [0.15, 0.2) is 18.5 Å². The van der Waals surface area contributed by atoms with Crippen molar-refractivity contribution in [1.82, 2.24) is 24.5 Å². The number of nitrogens with zero attached hydrogens (tertiary/aromatic N) is 5. The van der Waals surface area contributed by atoms with Gasteiger partial charge in [0, 0.05) is 5.69 Å². The summed E-state index contributed by atoms with van der Waals surface area (Å²) in [4.78, 5) is 16.8. The van der Waals surface area contributed by atoms with E-state index in [0.29, 0.717) is 23.5 Å². The maximum Gasteiger partial charge on any atom is 0.223 e. The molecule has 3 aromatic heterocycles. The quantitative estimate of drug-likeness (QED) is 0.742. The van der Waals surface area contributed by atoms with Crippen LogP contribution in [0.5, 0.6) is 5.75 Å². The molecule has 8 heteroatoms. The number of nitrogens with two attached hydrogens (primary N) is 1. The van der Waals surface area contributed by atoms with Gasteiger partial charge in [-0.15, -0.1) is 0 Å². The van der Waals surface area contributed by atoms with Crippen molar-refractivity contribution in [3.8, 4) is 5.75 Å². The molecule has 0 unspecified atom stereocenters. The number of methoxy groups -OCH3 is 1. The summed E-state index contributed by atoms with van der Waals surface area (Å²) in [6.07, 6.45) is 1.63. The van der Waals surface area contributed by atoms with Gasteiger partial charge in [-0.1, -0.05) is 11.6 Å². The van der Waals surface area contributed by atoms with Gasteiger partial charge in [0.1, 0.15) is 17.0 Å². The molecule has 0 aromatic carbocycles. The Bertz CT molecular complexity index is 816. The number of anilines is 1. The van der Waals surface area contributed by atoms with Crippen LogP contribution >= 0.6 is 11.6 Å². The van der Waals surface area contributed by atoms with Crippen LogP contribution in [-0.4, -0.2) is 31.6 Å². The number of nitrogen functional groups attached to an aromatic ring is 1. The fraction of sp³-hybridized carbons (Fsp3) is 0.231. The average molecular weight is 305 g/mol. The Hall–Kier alpha value is -2.41. The number of ether oxygens (including phenoxy) is 1. The number of imidazole rings is 1. The van der Waals surface area contributed by atoms with Gasteiger partial charge in [-0.2, -0.15) is 9.97 Å². The molecule has 0 spiro atoms. The molecule has 0 atom stereocenters. The van der Waals surface area contributed by atoms with Gasteiger partial charge < -0.3 is 15.0 Å². The van der Waals surface area contributed by atoms with Crippen molar-refractivity contribution in [2.75, 3.05) is 12.8 Å². The second-order valence-electron chi connectivity index (χ2n) is 4.52. The Balaban J connectivity index is 2.08. The van der Waals surface area contributed by atoms with Crippen LogP contribution < -0.4 is 10.5 Å². The van der Waals surface area contributed by atoms with Gasteiger partial charge in [-0.3, -0.25) is 4.98 Å². The molecule has 21 heavy (non-hydrogen) atoms. The van der Waals surface area contributed by atoms with Crippen molar-refractivity contribution in [3.05, 3.63) is 35.0 Å². The van der Waals surface area contributed by atoms with Crippen LogP contribution in [0.25, 0.3) is 11.2 Å². The predicted octanol–water partition coefficient (Wildman–Crippen LogP) is 1.82. The van der Waals surface area contributed by atoms with E-state index in [1.807, 2.05) is 23.6 Å². The molecular formula is C13H13ClN6O. The Morgan fingerprint density at radius 3 is 2.86 bits per heavy atom. The minimum atomic E-state index is 0.110. The molecule has 108 valence electrons. The van der Waals surface area contributed by atoms with Crippen molar-refractivity contribution < 1.29 is 4.74 Å². The molecule has 7 nitrogen and oxygen atoms in total. The first kappa shape index (κ1) is 13.6. The van der Waals surface area contributed by atoms with Gasteiger partial charge in [-0.25, -0.2) is 4.98 Å². The van der Waals surface area contributed by atoms with E-state index in [1.54, 1.807) is 13.4 Å². The van der Waals surface area contributed by atoms with Crippen LogP contribution in [0, 0.1) is 6.92 Å². The second kappa shape index (κ2) is 5.17. The normalized spacial score (nSPS) is 11.0. The summed E-state index contributed by atoms with van der Waals surface area (Å²) in [5, 5.41) is 0.236. The molecule has 0 aliphatic carbocycles. The zero-order chi connectivity index (χ0) is 15.0. The van der Waals surface area contributed by atoms with Crippen molar-refractivity contribution >= 4 is 28.7 Å². The first-order valence-corrected chi connectivity index (χ1v) is 6.60. The Labute approximate surface area is 125 Å². The van der Waals surface area contributed by atoms with Gasteiger partial charge in [-0.05, 0) is 19.1 Å². The summed E-state index contributed by atoms with van der Waals surface area (Å²) in [6.45, 7) is 2.38. The molecule has 0 aliphatic heterocycles. The third-order valence-electron chi connectivity index (χ3n) is 3.05. The Kier molecular flexibility index (Phi) is 3.34. The number of aromatic nitrogens is 5. The number of hydrogen-bond donors (Lipinski definition) is 1. The van der Waals surface area contributed by atoms with Gasteiger partial charge >= 0.3 is 0 Å². The second-order valence-corrected chi connectivity index (χ2v) is 4.88. The van der Waals surface area contributed by atoms with Crippen LogP contribution in [0.3, 0.4) is 0 Å². The molecule has 3 rings (SSSR count). The molecule has 0 saturated heterocycles. The molecule has 2 N–H and O–H groups in total. The topological polar surface area (TPSA) is 91.7 Å². The van der Waals surface area contributed by atoms with Gasteiger partial charge in [0.2, 0.25) is 5.95 Å². The average Bonchev–Trinajstić information content (AvgIpc) is 2.82. The molecule has 0 saturated carbocycles. The van der Waals surface area contributed by atoms with E-state index in [4.69, 9.17) is 22.1 Å². The monoisotopic (exact) mass is 304 g/mol. The van der Waals surface area contributed by atoms with Crippen LogP contribution in [0.2, 0.25) is 5.15 Å². The highest BCUT2D eigenvalue weighted by Crippen LogP contribution is 2.22. The fourth-order valence-corrected chi connectivity index (χ4v) is 2.32. The number of aryl methyl sites for hydroxylation is 1. The van der Waals surface area contributed by atoms with Crippen LogP contribution in [0.4, 0.5) is 5.95 Å². The van der Waals surface area contributed by atoms with Crippen molar-refractivity contribution in [2.45, 2.75) is 13.5 Å². The lowest BCUT2D eigenvalue weighted by Crippen LogP contribution is -2.06. The van der Waals surface area contributed by atoms with E-state index in [1.165, 1.54) is 0 Å². The lowest BCUT2D eigenvalue weighted by Gasteiger charge is -2.09. The largest absolute Gasteiger partial charge is 0.495 e. The zero-order valence-electron chi connectivity index (χ0n) is 11.5. The maximum absolute atomic E-state index is 6.02. The molecular weight excluding hydrogens is 292 g/mol. The molecule has 0 amide bonds. The summed E-state index contributed by atoms with van der Waals surface area (Å²) in [5.74, 6) is 0.814. The number of pyridine rings is 1. The Morgan fingerprint density at radius 1 is 1.29 bits per heavy atom. The van der Waals surface area contributed by atoms with Gasteiger partial charge in [0.05, 0.1) is 20.0 Å². The van der Waals surface area contributed by atoms with Crippen molar-refractivity contribution in [2.24, 2.45) is 0 Å². The highest BCUT2D eigenvalue weighted by Gasteiger charge is 2.13. The number of hydrogen-bond acceptors (Lipinski definition) is 6. The van der Waals surface area contributed by atoms with Crippen LogP contribution in [0.1, 0.15) is 11.4 Å². The highest BCUT2D eigenvalue weighted by atomic mass is 35.5. The van der Waals surface area contributed by atoms with Crippen molar-refractivity contribution in [1.29, 1.82) is 0 Å². The summed E-state index contributed by atoms with van der Waals surface area (Å²) in [7, 11) is 1.61. The summed E-state index contributed by atoms with van der Waals surface area (Å²) < 4.78 is 7.14. The molecule has 3 heterocycles. The van der Waals surface area contributed by atoms with E-state index < -0.39 is 0 Å². The zero-order valence-corrected chi connectivity index (χ0v) is 12.3. The smallest absolute Gasteiger partial charge is 0.223 e. The number of halogens is 1. The molecule has 0 radical (unpaired) electrons. The summed E-state index contributed by atoms with van der Waals surface area (Å²) in [5.41, 5.74) is 8.40. The van der Waals surface area contributed by atoms with Crippen molar-refractivity contribution in [3.63, 3.8) is 0 Å². The first-order valence-electron chi connectivity index (χ1n) is 6.23. The lowest BCUT2D eigenvalue weighted by molar-refractivity contribution is 0.405. The minimum absolute atomic E-state index is 0.110. The third kappa shape index (κ3) is 2.47.